The molecule has 0 bridgehead atoms. The van der Waals surface area contributed by atoms with Gasteiger partial charge < -0.3 is 14.6 Å². The molecule has 1 heterocycles. The lowest BCUT2D eigenvalue weighted by molar-refractivity contribution is -0.119. The Hall–Kier alpha value is -3.33. The number of imide groups is 1. The molecule has 1 atom stereocenters. The van der Waals surface area contributed by atoms with Crippen molar-refractivity contribution in [2.24, 2.45) is 7.05 Å². The number of rotatable bonds is 6. The van der Waals surface area contributed by atoms with Crippen LogP contribution in [0.3, 0.4) is 0 Å². The van der Waals surface area contributed by atoms with E-state index in [2.05, 4.69) is 20.8 Å². The first-order valence-corrected chi connectivity index (χ1v) is 10.6. The van der Waals surface area contributed by atoms with Gasteiger partial charge in [-0.15, -0.1) is 10.2 Å². The summed E-state index contributed by atoms with van der Waals surface area (Å²) in [5, 5.41) is 13.5. The van der Waals surface area contributed by atoms with Crippen LogP contribution >= 0.6 is 11.8 Å². The van der Waals surface area contributed by atoms with Crippen molar-refractivity contribution in [2.75, 3.05) is 12.4 Å². The molecule has 0 aliphatic rings. The van der Waals surface area contributed by atoms with Crippen molar-refractivity contribution in [2.45, 2.75) is 31.2 Å². The van der Waals surface area contributed by atoms with Crippen LogP contribution in [0.4, 0.5) is 10.5 Å². The minimum Gasteiger partial charge on any atom is -0.497 e. The number of anilines is 1. The van der Waals surface area contributed by atoms with Crippen LogP contribution in [-0.4, -0.2) is 39.1 Å². The van der Waals surface area contributed by atoms with Crippen molar-refractivity contribution >= 4 is 29.4 Å². The first kappa shape index (κ1) is 22.4. The molecule has 2 N–H and O–H groups in total. The molecule has 0 saturated carbocycles. The summed E-state index contributed by atoms with van der Waals surface area (Å²) in [6, 6.07) is 12.6. The molecule has 0 aliphatic heterocycles. The average molecular weight is 440 g/mol. The summed E-state index contributed by atoms with van der Waals surface area (Å²) in [7, 11) is 3.44. The zero-order valence-electron chi connectivity index (χ0n) is 18.1. The van der Waals surface area contributed by atoms with Gasteiger partial charge in [0.15, 0.2) is 11.0 Å². The van der Waals surface area contributed by atoms with E-state index in [0.29, 0.717) is 16.7 Å². The molecule has 0 radical (unpaired) electrons. The molecule has 31 heavy (non-hydrogen) atoms. The molecule has 0 aliphatic carbocycles. The van der Waals surface area contributed by atoms with Gasteiger partial charge in [0.25, 0.3) is 0 Å². The maximum Gasteiger partial charge on any atom is 0.325 e. The molecule has 9 heteroatoms. The van der Waals surface area contributed by atoms with Crippen LogP contribution in [0, 0.1) is 13.8 Å². The summed E-state index contributed by atoms with van der Waals surface area (Å²) in [4.78, 5) is 24.7. The summed E-state index contributed by atoms with van der Waals surface area (Å²) in [6.07, 6.45) is 0. The van der Waals surface area contributed by atoms with E-state index in [-0.39, 0.29) is 0 Å². The van der Waals surface area contributed by atoms with Gasteiger partial charge in [0.1, 0.15) is 5.75 Å². The molecule has 0 spiro atoms. The predicted molar refractivity (Wildman–Crippen MR) is 121 cm³/mol. The molecular weight excluding hydrogens is 414 g/mol. The highest BCUT2D eigenvalue weighted by Crippen LogP contribution is 2.26. The summed E-state index contributed by atoms with van der Waals surface area (Å²) < 4.78 is 6.99. The van der Waals surface area contributed by atoms with Crippen LogP contribution in [-0.2, 0) is 11.8 Å². The summed E-state index contributed by atoms with van der Waals surface area (Å²) in [6.45, 7) is 5.59. The third kappa shape index (κ3) is 5.43. The average Bonchev–Trinajstić information content (AvgIpc) is 3.10. The van der Waals surface area contributed by atoms with Gasteiger partial charge in [0.05, 0.1) is 12.4 Å². The second-order valence-electron chi connectivity index (χ2n) is 7.12. The van der Waals surface area contributed by atoms with Gasteiger partial charge in [-0.05, 0) is 56.7 Å². The lowest BCUT2D eigenvalue weighted by Crippen LogP contribution is -2.39. The summed E-state index contributed by atoms with van der Waals surface area (Å²) in [5.41, 5.74) is 3.57. The molecule has 0 fully saturated rings. The molecular formula is C22H25N5O3S. The van der Waals surface area contributed by atoms with Crippen molar-refractivity contribution in [3.8, 4) is 17.1 Å². The van der Waals surface area contributed by atoms with Gasteiger partial charge >= 0.3 is 6.03 Å². The first-order chi connectivity index (χ1) is 14.8. The van der Waals surface area contributed by atoms with Crippen molar-refractivity contribution in [1.29, 1.82) is 0 Å². The molecule has 8 nitrogen and oxygen atoms in total. The number of carbonyl (C=O) groups is 2. The van der Waals surface area contributed by atoms with E-state index in [1.165, 1.54) is 11.8 Å². The number of nitrogens with one attached hydrogen (secondary N) is 2. The zero-order valence-corrected chi connectivity index (χ0v) is 18.9. The Morgan fingerprint density at radius 3 is 2.45 bits per heavy atom. The van der Waals surface area contributed by atoms with Crippen LogP contribution < -0.4 is 15.4 Å². The van der Waals surface area contributed by atoms with Crippen LogP contribution in [0.15, 0.2) is 47.6 Å². The van der Waals surface area contributed by atoms with Crippen LogP contribution in [0.2, 0.25) is 0 Å². The Morgan fingerprint density at radius 1 is 1.10 bits per heavy atom. The Morgan fingerprint density at radius 2 is 1.81 bits per heavy atom. The van der Waals surface area contributed by atoms with E-state index in [4.69, 9.17) is 4.74 Å². The third-order valence-corrected chi connectivity index (χ3v) is 5.84. The largest absolute Gasteiger partial charge is 0.497 e. The molecule has 3 rings (SSSR count). The van der Waals surface area contributed by atoms with Crippen molar-refractivity contribution in [3.63, 3.8) is 0 Å². The maximum absolute atomic E-state index is 12.5. The number of nitrogens with zero attached hydrogens (tertiary/aromatic N) is 3. The van der Waals surface area contributed by atoms with Crippen molar-refractivity contribution in [3.05, 3.63) is 53.6 Å². The van der Waals surface area contributed by atoms with E-state index >= 15 is 0 Å². The predicted octanol–water partition coefficient (Wildman–Crippen LogP) is 3.94. The second-order valence-corrected chi connectivity index (χ2v) is 8.42. The van der Waals surface area contributed by atoms with Gasteiger partial charge in [0, 0.05) is 18.3 Å². The van der Waals surface area contributed by atoms with Crippen LogP contribution in [0.25, 0.3) is 11.4 Å². The van der Waals surface area contributed by atoms with Crippen molar-refractivity contribution < 1.29 is 14.3 Å². The van der Waals surface area contributed by atoms with Gasteiger partial charge in [-0.25, -0.2) is 4.79 Å². The Balaban J connectivity index is 1.61. The molecule has 3 aromatic rings. The SMILES string of the molecule is COc1ccc(-c2nnc(SC(C)C(=O)NC(=O)Nc3ccc(C)cc3C)n2C)cc1. The van der Waals surface area contributed by atoms with Crippen LogP contribution in [0.1, 0.15) is 18.1 Å². The Bertz CT molecular complexity index is 1100. The number of aromatic nitrogens is 3. The second kappa shape index (κ2) is 9.65. The van der Waals surface area contributed by atoms with E-state index in [0.717, 1.165) is 22.4 Å². The minimum absolute atomic E-state index is 0.415. The number of carbonyl (C=O) groups excluding carboxylic acids is 2. The summed E-state index contributed by atoms with van der Waals surface area (Å²) in [5.74, 6) is 1.01. The smallest absolute Gasteiger partial charge is 0.325 e. The summed E-state index contributed by atoms with van der Waals surface area (Å²) >= 11 is 1.23. The van der Waals surface area contributed by atoms with E-state index in [1.807, 2.05) is 67.9 Å². The normalized spacial score (nSPS) is 11.6. The fraction of sp³-hybridized carbons (Fsp3) is 0.273. The fourth-order valence-corrected chi connectivity index (χ4v) is 3.76. The third-order valence-electron chi connectivity index (χ3n) is 4.70. The zero-order chi connectivity index (χ0) is 22.5. The van der Waals surface area contributed by atoms with Gasteiger partial charge in [0.2, 0.25) is 5.91 Å². The van der Waals surface area contributed by atoms with Gasteiger partial charge in [-0.1, -0.05) is 29.5 Å². The van der Waals surface area contributed by atoms with Crippen LogP contribution in [0.5, 0.6) is 5.75 Å². The quantitative estimate of drug-likeness (QED) is 0.565. The lowest BCUT2D eigenvalue weighted by Gasteiger charge is -2.13. The number of benzene rings is 2. The number of urea groups is 1. The highest BCUT2D eigenvalue weighted by Gasteiger charge is 2.21. The highest BCUT2D eigenvalue weighted by atomic mass is 32.2. The molecule has 1 aromatic heterocycles. The van der Waals surface area contributed by atoms with Gasteiger partial charge in [-0.2, -0.15) is 0 Å². The number of hydrogen-bond donors (Lipinski definition) is 2. The minimum atomic E-state index is -0.568. The monoisotopic (exact) mass is 439 g/mol. The number of ether oxygens (including phenoxy) is 1. The van der Waals surface area contributed by atoms with E-state index in [9.17, 15) is 9.59 Å². The standard InChI is InChI=1S/C22H25N5O3S/c1-13-6-11-18(14(2)12-13)23-21(29)24-20(28)15(3)31-22-26-25-19(27(22)4)16-7-9-17(30-5)10-8-16/h6-12,15H,1-5H3,(H2,23,24,28,29). The fourth-order valence-electron chi connectivity index (χ4n) is 2.94. The number of aryl methyl sites for hydroxylation is 2. The maximum atomic E-state index is 12.5. The molecule has 0 saturated heterocycles. The van der Waals surface area contributed by atoms with E-state index < -0.39 is 17.2 Å². The Labute approximate surface area is 185 Å². The van der Waals surface area contributed by atoms with Crippen molar-refractivity contribution in [1.82, 2.24) is 20.1 Å². The molecule has 1 unspecified atom stereocenters. The Kier molecular flexibility index (Phi) is 6.96. The molecule has 162 valence electrons. The molecule has 2 aromatic carbocycles. The highest BCUT2D eigenvalue weighted by molar-refractivity contribution is 8.00. The number of methoxy groups -OCH3 is 1. The first-order valence-electron chi connectivity index (χ1n) is 9.68. The number of amides is 3. The number of hydrogen-bond acceptors (Lipinski definition) is 6. The molecule has 3 amide bonds. The topological polar surface area (TPSA) is 98.1 Å². The van der Waals surface area contributed by atoms with E-state index in [1.54, 1.807) is 14.0 Å². The number of thioether (sulfide) groups is 1. The lowest BCUT2D eigenvalue weighted by atomic mass is 10.1. The van der Waals surface area contributed by atoms with Gasteiger partial charge in [-0.3, -0.25) is 10.1 Å².